The zero-order chi connectivity index (χ0) is 29.9. The number of benzene rings is 1. The first-order valence-electron chi connectivity index (χ1n) is 13.9. The fraction of sp³-hybridized carbons (Fsp3) is 0.469. The SMILES string of the molecule is Cc1ncc(-c2cc(N3CCC(C)(C)CC3)c(OCCc3ccc(Cl)c(Cl)c3)cn2)cc1[C@H](OC(C)(C)C)C(=O)O. The van der Waals surface area contributed by atoms with Gasteiger partial charge in [0, 0.05) is 42.5 Å². The van der Waals surface area contributed by atoms with E-state index in [1.165, 1.54) is 0 Å². The summed E-state index contributed by atoms with van der Waals surface area (Å²) in [4.78, 5) is 23.7. The zero-order valence-corrected chi connectivity index (χ0v) is 26.1. The van der Waals surface area contributed by atoms with Crippen LogP contribution in [0.3, 0.4) is 0 Å². The molecule has 0 saturated carbocycles. The van der Waals surface area contributed by atoms with E-state index in [-0.39, 0.29) is 5.41 Å². The number of rotatable bonds is 9. The fourth-order valence-electron chi connectivity index (χ4n) is 4.83. The lowest BCUT2D eigenvalue weighted by Gasteiger charge is -2.38. The summed E-state index contributed by atoms with van der Waals surface area (Å²) >= 11 is 12.3. The Morgan fingerprint density at radius 3 is 2.41 bits per heavy atom. The molecule has 0 aliphatic carbocycles. The van der Waals surface area contributed by atoms with Crippen molar-refractivity contribution < 1.29 is 19.4 Å². The quantitative estimate of drug-likeness (QED) is 0.267. The number of aromatic nitrogens is 2. The van der Waals surface area contributed by atoms with Crippen LogP contribution in [0.5, 0.6) is 5.75 Å². The lowest BCUT2D eigenvalue weighted by Crippen LogP contribution is -2.37. The molecule has 7 nitrogen and oxygen atoms in total. The van der Waals surface area contributed by atoms with Crippen molar-refractivity contribution in [1.29, 1.82) is 0 Å². The van der Waals surface area contributed by atoms with Crippen molar-refractivity contribution in [2.75, 3.05) is 24.6 Å². The van der Waals surface area contributed by atoms with Crippen LogP contribution in [-0.4, -0.2) is 46.3 Å². The Hall–Kier alpha value is -2.87. The summed E-state index contributed by atoms with van der Waals surface area (Å²) in [6, 6.07) is 9.44. The van der Waals surface area contributed by atoms with E-state index in [4.69, 9.17) is 37.7 Å². The van der Waals surface area contributed by atoms with Gasteiger partial charge in [-0.05, 0) is 75.8 Å². The van der Waals surface area contributed by atoms with Crippen molar-refractivity contribution >= 4 is 34.9 Å². The number of nitrogens with zero attached hydrogens (tertiary/aromatic N) is 3. The number of carbonyl (C=O) groups is 1. The number of halogens is 2. The Morgan fingerprint density at radius 2 is 1.78 bits per heavy atom. The molecule has 9 heteroatoms. The van der Waals surface area contributed by atoms with Crippen molar-refractivity contribution in [3.8, 4) is 17.0 Å². The van der Waals surface area contributed by atoms with E-state index in [0.717, 1.165) is 42.7 Å². The highest BCUT2D eigenvalue weighted by molar-refractivity contribution is 6.42. The third-order valence-electron chi connectivity index (χ3n) is 7.34. The molecular weight excluding hydrogens is 561 g/mol. The van der Waals surface area contributed by atoms with Crippen LogP contribution in [0.2, 0.25) is 10.0 Å². The highest BCUT2D eigenvalue weighted by Crippen LogP contribution is 2.38. The van der Waals surface area contributed by atoms with Crippen LogP contribution in [0.15, 0.2) is 42.7 Å². The van der Waals surface area contributed by atoms with Crippen LogP contribution in [0.1, 0.15) is 70.4 Å². The summed E-state index contributed by atoms with van der Waals surface area (Å²) in [6.07, 6.45) is 5.13. The predicted octanol–water partition coefficient (Wildman–Crippen LogP) is 7.95. The number of ether oxygens (including phenoxy) is 2. The van der Waals surface area contributed by atoms with Crippen LogP contribution >= 0.6 is 23.2 Å². The molecule has 1 saturated heterocycles. The smallest absolute Gasteiger partial charge is 0.337 e. The van der Waals surface area contributed by atoms with Gasteiger partial charge < -0.3 is 19.5 Å². The van der Waals surface area contributed by atoms with E-state index in [0.29, 0.717) is 45.8 Å². The van der Waals surface area contributed by atoms with E-state index < -0.39 is 17.7 Å². The number of pyridine rings is 2. The maximum Gasteiger partial charge on any atom is 0.337 e. The maximum absolute atomic E-state index is 12.2. The summed E-state index contributed by atoms with van der Waals surface area (Å²) in [7, 11) is 0. The minimum Gasteiger partial charge on any atom is -0.489 e. The number of carboxylic acid groups (broad SMARTS) is 1. The Kier molecular flexibility index (Phi) is 9.52. The minimum absolute atomic E-state index is 0.288. The monoisotopic (exact) mass is 599 g/mol. The maximum atomic E-state index is 12.2. The summed E-state index contributed by atoms with van der Waals surface area (Å²) in [6.45, 7) is 14.2. The van der Waals surface area contributed by atoms with Gasteiger partial charge in [-0.3, -0.25) is 9.97 Å². The second-order valence-electron chi connectivity index (χ2n) is 12.4. The number of aryl methyl sites for hydroxylation is 1. The van der Waals surface area contributed by atoms with Crippen molar-refractivity contribution in [3.63, 3.8) is 0 Å². The number of hydrogen-bond acceptors (Lipinski definition) is 6. The first-order chi connectivity index (χ1) is 19.2. The van der Waals surface area contributed by atoms with Crippen molar-refractivity contribution in [2.45, 2.75) is 72.5 Å². The Labute approximate surface area is 252 Å². The molecule has 2 aromatic heterocycles. The largest absolute Gasteiger partial charge is 0.489 e. The molecule has 0 amide bonds. The molecule has 0 bridgehead atoms. The lowest BCUT2D eigenvalue weighted by molar-refractivity contribution is -0.160. The topological polar surface area (TPSA) is 84.8 Å². The Morgan fingerprint density at radius 1 is 1.07 bits per heavy atom. The van der Waals surface area contributed by atoms with Crippen molar-refractivity contribution in [2.24, 2.45) is 5.41 Å². The van der Waals surface area contributed by atoms with Crippen molar-refractivity contribution in [1.82, 2.24) is 9.97 Å². The zero-order valence-electron chi connectivity index (χ0n) is 24.6. The van der Waals surface area contributed by atoms with Gasteiger partial charge in [-0.2, -0.15) is 0 Å². The normalized spacial score (nSPS) is 16.0. The number of aliphatic carboxylic acids is 1. The molecule has 220 valence electrons. The van der Waals surface area contributed by atoms with Gasteiger partial charge in [0.15, 0.2) is 11.9 Å². The van der Waals surface area contributed by atoms with Crippen LogP contribution in [0, 0.1) is 12.3 Å². The van der Waals surface area contributed by atoms with Crippen molar-refractivity contribution in [3.05, 3.63) is 69.6 Å². The number of hydrogen-bond donors (Lipinski definition) is 1. The van der Waals surface area contributed by atoms with E-state index >= 15 is 0 Å². The molecule has 1 atom stereocenters. The minimum atomic E-state index is -1.14. The Bertz CT molecular complexity index is 1390. The standard InChI is InChI=1S/C32H39Cl2N3O4/c1-20-23(29(30(38)39)41-31(2,3)4)16-22(18-35-20)26-17-27(37-12-10-32(5,6)11-13-37)28(19-36-26)40-14-9-21-7-8-24(33)25(34)15-21/h7-8,15-19,29H,9-14H2,1-6H3,(H,38,39)/t29-/m0/s1. The molecule has 41 heavy (non-hydrogen) atoms. The van der Waals surface area contributed by atoms with E-state index in [9.17, 15) is 9.90 Å². The molecule has 3 heterocycles. The van der Waals surface area contributed by atoms with Gasteiger partial charge in [-0.25, -0.2) is 4.79 Å². The molecule has 1 aliphatic heterocycles. The summed E-state index contributed by atoms with van der Waals surface area (Å²) in [5.41, 5.74) is 4.16. The van der Waals surface area contributed by atoms with Gasteiger partial charge in [0.2, 0.25) is 0 Å². The lowest BCUT2D eigenvalue weighted by atomic mass is 9.82. The molecule has 1 aromatic carbocycles. The van der Waals surface area contributed by atoms with Gasteiger partial charge in [0.25, 0.3) is 0 Å². The van der Waals surface area contributed by atoms with Gasteiger partial charge in [-0.1, -0.05) is 43.1 Å². The van der Waals surface area contributed by atoms with Gasteiger partial charge in [-0.15, -0.1) is 0 Å². The van der Waals surface area contributed by atoms with Crippen LogP contribution < -0.4 is 9.64 Å². The van der Waals surface area contributed by atoms with E-state index in [1.54, 1.807) is 25.4 Å². The third-order valence-corrected chi connectivity index (χ3v) is 8.08. The summed E-state index contributed by atoms with van der Waals surface area (Å²) in [5.74, 6) is -0.356. The average molecular weight is 601 g/mol. The molecule has 4 rings (SSSR count). The highest BCUT2D eigenvalue weighted by Gasteiger charge is 2.30. The summed E-state index contributed by atoms with van der Waals surface area (Å²) in [5, 5.41) is 11.0. The first kappa shape index (κ1) is 31.1. The van der Waals surface area contributed by atoms with Crippen LogP contribution in [0.25, 0.3) is 11.3 Å². The predicted molar refractivity (Wildman–Crippen MR) is 164 cm³/mol. The second-order valence-corrected chi connectivity index (χ2v) is 13.2. The molecule has 0 spiro atoms. The highest BCUT2D eigenvalue weighted by atomic mass is 35.5. The third kappa shape index (κ3) is 8.12. The molecule has 1 fully saturated rings. The van der Waals surface area contributed by atoms with Crippen LogP contribution in [-0.2, 0) is 16.0 Å². The van der Waals surface area contributed by atoms with Gasteiger partial charge in [0.05, 0.1) is 39.8 Å². The second kappa shape index (κ2) is 12.6. The van der Waals surface area contributed by atoms with Gasteiger partial charge >= 0.3 is 5.97 Å². The molecule has 3 aromatic rings. The van der Waals surface area contributed by atoms with Crippen LogP contribution in [0.4, 0.5) is 5.69 Å². The molecule has 0 radical (unpaired) electrons. The van der Waals surface area contributed by atoms with Gasteiger partial charge in [0.1, 0.15) is 0 Å². The molecular formula is C32H39Cl2N3O4. The first-order valence-corrected chi connectivity index (χ1v) is 14.7. The Balaban J connectivity index is 1.65. The summed E-state index contributed by atoms with van der Waals surface area (Å²) < 4.78 is 12.2. The molecule has 1 aliphatic rings. The molecule has 0 unspecified atom stereocenters. The number of anilines is 1. The average Bonchev–Trinajstić information content (AvgIpc) is 2.89. The van der Waals surface area contributed by atoms with E-state index in [1.807, 2.05) is 45.0 Å². The number of piperidine rings is 1. The fourth-order valence-corrected chi connectivity index (χ4v) is 5.15. The van der Waals surface area contributed by atoms with E-state index in [2.05, 4.69) is 23.7 Å². The number of carboxylic acids is 1. The molecule has 1 N–H and O–H groups in total.